The van der Waals surface area contributed by atoms with Gasteiger partial charge in [0.25, 0.3) is 5.91 Å². The molecule has 0 atom stereocenters. The second-order valence-corrected chi connectivity index (χ2v) is 7.95. The molecule has 1 amide bonds. The molecule has 2 aliphatic heterocycles. The van der Waals surface area contributed by atoms with Crippen LogP contribution in [0, 0.1) is 25.1 Å². The zero-order chi connectivity index (χ0) is 20.7. The molecular weight excluding hydrogens is 389 g/mol. The maximum Gasteiger partial charge on any atom is 0.283 e. The molecule has 1 aromatic heterocycles. The van der Waals surface area contributed by atoms with E-state index >= 15 is 0 Å². The minimum absolute atomic E-state index is 0.0224. The molecule has 0 saturated heterocycles. The lowest BCUT2D eigenvalue weighted by Crippen LogP contribution is -2.35. The van der Waals surface area contributed by atoms with Gasteiger partial charge >= 0.3 is 0 Å². The number of carbonyl (C=O) groups is 1. The van der Waals surface area contributed by atoms with E-state index in [-0.39, 0.29) is 17.2 Å². The minimum Gasteiger partial charge on any atom is -0.318 e. The summed E-state index contributed by atoms with van der Waals surface area (Å²) in [6, 6.07) is 8.27. The van der Waals surface area contributed by atoms with Crippen molar-refractivity contribution in [3.05, 3.63) is 58.7 Å². The number of rotatable bonds is 4. The van der Waals surface area contributed by atoms with Crippen molar-refractivity contribution in [1.82, 2.24) is 9.58 Å². The molecular formula is C21H20FN5OS. The lowest BCUT2D eigenvalue weighted by molar-refractivity contribution is -0.114. The standard InChI is InChI=1S/C21H20FN5OS/c1-4-6-18-25-27-19(23)17(20(28)24-21(27)29-18)10-14-9-12(2)26(13(14)3)16-8-5-7-15(22)11-16/h5,7-11,23H,4,6H2,1-3H3. The van der Waals surface area contributed by atoms with Gasteiger partial charge in [0.1, 0.15) is 10.9 Å². The number of benzene rings is 1. The Morgan fingerprint density at radius 2 is 2.07 bits per heavy atom. The average Bonchev–Trinajstić information content (AvgIpc) is 3.19. The van der Waals surface area contributed by atoms with E-state index < -0.39 is 5.91 Å². The summed E-state index contributed by atoms with van der Waals surface area (Å²) in [6.07, 6.45) is 3.39. The molecule has 1 aromatic carbocycles. The van der Waals surface area contributed by atoms with Gasteiger partial charge in [-0.15, -0.1) is 0 Å². The molecule has 8 heteroatoms. The summed E-state index contributed by atoms with van der Waals surface area (Å²) in [5.74, 6) is -0.736. The van der Waals surface area contributed by atoms with Gasteiger partial charge in [-0.05, 0) is 74.4 Å². The van der Waals surface area contributed by atoms with Crippen LogP contribution < -0.4 is 0 Å². The van der Waals surface area contributed by atoms with Gasteiger partial charge in [-0.2, -0.15) is 15.1 Å². The summed E-state index contributed by atoms with van der Waals surface area (Å²) in [7, 11) is 0. The summed E-state index contributed by atoms with van der Waals surface area (Å²) in [5, 5.41) is 15.6. The van der Waals surface area contributed by atoms with Gasteiger partial charge in [-0.1, -0.05) is 13.0 Å². The fourth-order valence-corrected chi connectivity index (χ4v) is 4.43. The summed E-state index contributed by atoms with van der Waals surface area (Å²) in [5.41, 5.74) is 3.43. The lowest BCUT2D eigenvalue weighted by atomic mass is 10.1. The first kappa shape index (κ1) is 19.3. The number of aryl methyl sites for hydroxylation is 1. The molecule has 0 aliphatic carbocycles. The average molecular weight is 409 g/mol. The fraction of sp³-hybridized carbons (Fsp3) is 0.238. The van der Waals surface area contributed by atoms with Crippen molar-refractivity contribution in [1.29, 1.82) is 5.41 Å². The molecule has 3 heterocycles. The van der Waals surface area contributed by atoms with E-state index in [1.165, 1.54) is 28.9 Å². The molecule has 0 radical (unpaired) electrons. The Morgan fingerprint density at radius 3 is 2.79 bits per heavy atom. The monoisotopic (exact) mass is 409 g/mol. The van der Waals surface area contributed by atoms with Gasteiger partial charge in [0.2, 0.25) is 5.17 Å². The van der Waals surface area contributed by atoms with Crippen LogP contribution in [-0.4, -0.2) is 31.5 Å². The van der Waals surface area contributed by atoms with Crippen LogP contribution in [0.2, 0.25) is 0 Å². The Balaban J connectivity index is 1.73. The summed E-state index contributed by atoms with van der Waals surface area (Å²) in [6.45, 7) is 5.88. The van der Waals surface area contributed by atoms with E-state index in [1.54, 1.807) is 12.1 Å². The van der Waals surface area contributed by atoms with E-state index in [1.807, 2.05) is 30.5 Å². The fourth-order valence-electron chi connectivity index (χ4n) is 3.45. The summed E-state index contributed by atoms with van der Waals surface area (Å²) >= 11 is 1.34. The van der Waals surface area contributed by atoms with Gasteiger partial charge in [-0.3, -0.25) is 10.2 Å². The molecule has 0 unspecified atom stereocenters. The molecule has 29 heavy (non-hydrogen) atoms. The van der Waals surface area contributed by atoms with E-state index in [0.717, 1.165) is 34.8 Å². The Hall–Kier alpha value is -3.00. The largest absolute Gasteiger partial charge is 0.318 e. The third-order valence-corrected chi connectivity index (χ3v) is 5.76. The number of hydrazone groups is 1. The van der Waals surface area contributed by atoms with E-state index in [2.05, 4.69) is 17.0 Å². The Labute approximate surface area is 172 Å². The molecule has 1 N–H and O–H groups in total. The van der Waals surface area contributed by atoms with Gasteiger partial charge < -0.3 is 4.57 Å². The lowest BCUT2D eigenvalue weighted by Gasteiger charge is -2.20. The summed E-state index contributed by atoms with van der Waals surface area (Å²) in [4.78, 5) is 16.7. The quantitative estimate of drug-likeness (QED) is 0.747. The van der Waals surface area contributed by atoms with Crippen LogP contribution in [0.25, 0.3) is 11.8 Å². The molecule has 2 aliphatic rings. The van der Waals surface area contributed by atoms with Crippen molar-refractivity contribution in [2.75, 3.05) is 0 Å². The van der Waals surface area contributed by atoms with Crippen molar-refractivity contribution in [3.63, 3.8) is 0 Å². The van der Waals surface area contributed by atoms with Crippen molar-refractivity contribution < 1.29 is 9.18 Å². The van der Waals surface area contributed by atoms with Crippen LogP contribution in [-0.2, 0) is 4.79 Å². The van der Waals surface area contributed by atoms with Crippen molar-refractivity contribution in [2.45, 2.75) is 33.6 Å². The smallest absolute Gasteiger partial charge is 0.283 e. The van der Waals surface area contributed by atoms with Crippen molar-refractivity contribution >= 4 is 39.8 Å². The van der Waals surface area contributed by atoms with Gasteiger partial charge in [0.05, 0.1) is 5.57 Å². The predicted molar refractivity (Wildman–Crippen MR) is 115 cm³/mol. The molecule has 0 bridgehead atoms. The number of hydrogen-bond acceptors (Lipinski definition) is 4. The second kappa shape index (κ2) is 7.44. The molecule has 0 spiro atoms. The number of carbonyl (C=O) groups excluding carboxylic acids is 1. The van der Waals surface area contributed by atoms with Crippen LogP contribution in [0.4, 0.5) is 4.39 Å². The maximum absolute atomic E-state index is 13.7. The number of hydrogen-bond donors (Lipinski definition) is 1. The number of halogens is 1. The van der Waals surface area contributed by atoms with Crippen molar-refractivity contribution in [3.8, 4) is 5.69 Å². The van der Waals surface area contributed by atoms with Gasteiger partial charge in [0, 0.05) is 17.1 Å². The first-order valence-corrected chi connectivity index (χ1v) is 10.1. The number of aromatic nitrogens is 1. The zero-order valence-electron chi connectivity index (χ0n) is 16.4. The van der Waals surface area contributed by atoms with E-state index in [9.17, 15) is 9.18 Å². The number of amidine groups is 2. The maximum atomic E-state index is 13.7. The van der Waals surface area contributed by atoms with E-state index in [0.29, 0.717) is 10.9 Å². The highest BCUT2D eigenvalue weighted by Crippen LogP contribution is 2.31. The van der Waals surface area contributed by atoms with Crippen LogP contribution in [0.3, 0.4) is 0 Å². The van der Waals surface area contributed by atoms with E-state index in [4.69, 9.17) is 5.41 Å². The molecule has 0 saturated carbocycles. The predicted octanol–water partition coefficient (Wildman–Crippen LogP) is 4.65. The number of nitrogens with zero attached hydrogens (tertiary/aromatic N) is 4. The van der Waals surface area contributed by atoms with Crippen LogP contribution in [0.15, 0.2) is 46.0 Å². The third kappa shape index (κ3) is 3.44. The van der Waals surface area contributed by atoms with Crippen LogP contribution in [0.1, 0.15) is 36.7 Å². The Kier molecular flexibility index (Phi) is 4.96. The van der Waals surface area contributed by atoms with Crippen molar-refractivity contribution in [2.24, 2.45) is 10.1 Å². The van der Waals surface area contributed by atoms with Gasteiger partial charge in [0.15, 0.2) is 5.84 Å². The normalized spacial score (nSPS) is 17.7. The first-order valence-electron chi connectivity index (χ1n) is 9.33. The number of thioether (sulfide) groups is 1. The first-order chi connectivity index (χ1) is 13.9. The molecule has 148 valence electrons. The number of amides is 1. The zero-order valence-corrected chi connectivity index (χ0v) is 17.2. The SMILES string of the molecule is CCCC1=NN2C(=N)C(=Cc3cc(C)n(-c4cccc(F)c4)c3C)C(=O)N=C2S1. The summed E-state index contributed by atoms with van der Waals surface area (Å²) < 4.78 is 15.6. The third-order valence-electron chi connectivity index (χ3n) is 4.80. The van der Waals surface area contributed by atoms with Gasteiger partial charge in [-0.25, -0.2) is 4.39 Å². The van der Waals surface area contributed by atoms with Crippen LogP contribution in [0.5, 0.6) is 0 Å². The number of nitrogens with one attached hydrogen (secondary N) is 1. The minimum atomic E-state index is -0.447. The Bertz CT molecular complexity index is 1130. The molecule has 2 aromatic rings. The second-order valence-electron chi connectivity index (χ2n) is 6.91. The Morgan fingerprint density at radius 1 is 1.28 bits per heavy atom. The highest BCUT2D eigenvalue weighted by molar-refractivity contribution is 8.26. The molecule has 6 nitrogen and oxygen atoms in total. The van der Waals surface area contributed by atoms with Crippen LogP contribution >= 0.6 is 11.8 Å². The topological polar surface area (TPSA) is 73.8 Å². The highest BCUT2D eigenvalue weighted by Gasteiger charge is 2.35. The number of aliphatic imine (C=N–C) groups is 1. The highest BCUT2D eigenvalue weighted by atomic mass is 32.2. The number of fused-ring (bicyclic) bond motifs is 1. The molecule has 0 fully saturated rings. The molecule has 4 rings (SSSR count).